The first kappa shape index (κ1) is 14.5. The second-order valence-electron chi connectivity index (χ2n) is 4.68. The Morgan fingerprint density at radius 1 is 1.35 bits per heavy atom. The molecule has 17 heavy (non-hydrogen) atoms. The third kappa shape index (κ3) is 4.68. The first-order chi connectivity index (χ1) is 8.04. The smallest absolute Gasteiger partial charge is 0.125 e. The highest BCUT2D eigenvalue weighted by atomic mass is 79.9. The van der Waals surface area contributed by atoms with Crippen molar-refractivity contribution in [3.05, 3.63) is 28.2 Å². The van der Waals surface area contributed by atoms with Crippen molar-refractivity contribution in [1.29, 1.82) is 0 Å². The van der Waals surface area contributed by atoms with E-state index in [2.05, 4.69) is 29.8 Å². The van der Waals surface area contributed by atoms with E-state index in [4.69, 9.17) is 10.5 Å². The van der Waals surface area contributed by atoms with Crippen molar-refractivity contribution in [3.63, 3.8) is 0 Å². The Morgan fingerprint density at radius 3 is 2.65 bits per heavy atom. The van der Waals surface area contributed by atoms with Crippen LogP contribution in [0.5, 0.6) is 5.75 Å². The summed E-state index contributed by atoms with van der Waals surface area (Å²) in [6.07, 6.45) is 2.39. The molecular formula is C14H22BrNO. The van der Waals surface area contributed by atoms with Crippen molar-refractivity contribution in [2.45, 2.75) is 39.7 Å². The molecule has 1 aromatic carbocycles. The minimum atomic E-state index is -0.000388. The molecule has 0 heterocycles. The molecule has 0 aliphatic heterocycles. The molecule has 0 aliphatic rings. The molecule has 0 spiro atoms. The summed E-state index contributed by atoms with van der Waals surface area (Å²) >= 11 is 3.46. The zero-order valence-electron chi connectivity index (χ0n) is 10.9. The second-order valence-corrected chi connectivity index (χ2v) is 5.59. The lowest BCUT2D eigenvalue weighted by molar-refractivity contribution is 0.248. The highest BCUT2D eigenvalue weighted by Gasteiger charge is 2.10. The Hall–Kier alpha value is -0.540. The van der Waals surface area contributed by atoms with Crippen LogP contribution < -0.4 is 10.5 Å². The molecule has 1 rings (SSSR count). The fraction of sp³-hybridized carbons (Fsp3) is 0.571. The van der Waals surface area contributed by atoms with E-state index in [0.29, 0.717) is 5.92 Å². The van der Waals surface area contributed by atoms with E-state index in [9.17, 15) is 0 Å². The molecule has 0 saturated carbocycles. The van der Waals surface area contributed by atoms with E-state index in [-0.39, 0.29) is 6.04 Å². The Bertz CT molecular complexity index is 352. The van der Waals surface area contributed by atoms with Crippen LogP contribution in [0.4, 0.5) is 0 Å². The zero-order valence-corrected chi connectivity index (χ0v) is 12.5. The van der Waals surface area contributed by atoms with Crippen LogP contribution in [0.15, 0.2) is 22.7 Å². The molecular weight excluding hydrogens is 278 g/mol. The number of benzene rings is 1. The van der Waals surface area contributed by atoms with Gasteiger partial charge in [-0.2, -0.15) is 0 Å². The second kappa shape index (κ2) is 7.02. The van der Waals surface area contributed by atoms with Gasteiger partial charge in [0, 0.05) is 16.1 Å². The van der Waals surface area contributed by atoms with E-state index in [1.807, 2.05) is 25.1 Å². The number of nitrogens with two attached hydrogens (primary N) is 1. The number of hydrogen-bond donors (Lipinski definition) is 1. The molecule has 0 aliphatic carbocycles. The Balaban J connectivity index is 2.71. The van der Waals surface area contributed by atoms with Gasteiger partial charge in [0.05, 0.1) is 6.61 Å². The molecule has 0 radical (unpaired) electrons. The van der Waals surface area contributed by atoms with Gasteiger partial charge >= 0.3 is 0 Å². The van der Waals surface area contributed by atoms with Gasteiger partial charge in [-0.1, -0.05) is 42.3 Å². The van der Waals surface area contributed by atoms with Gasteiger partial charge in [0.2, 0.25) is 0 Å². The van der Waals surface area contributed by atoms with E-state index >= 15 is 0 Å². The molecule has 3 heteroatoms. The van der Waals surface area contributed by atoms with Crippen molar-refractivity contribution < 1.29 is 4.74 Å². The first-order valence-electron chi connectivity index (χ1n) is 6.22. The first-order valence-corrected chi connectivity index (χ1v) is 7.01. The molecule has 2 nitrogen and oxygen atoms in total. The summed E-state index contributed by atoms with van der Waals surface area (Å²) in [6.45, 7) is 7.14. The van der Waals surface area contributed by atoms with Crippen LogP contribution in [0.1, 0.15) is 45.2 Å². The van der Waals surface area contributed by atoms with Gasteiger partial charge in [0.1, 0.15) is 5.75 Å². The molecule has 0 bridgehead atoms. The molecule has 1 unspecified atom stereocenters. The van der Waals surface area contributed by atoms with E-state index in [0.717, 1.165) is 22.4 Å². The molecule has 0 fully saturated rings. The summed E-state index contributed by atoms with van der Waals surface area (Å²) in [5, 5.41) is 0. The van der Waals surface area contributed by atoms with Crippen LogP contribution in [0.2, 0.25) is 0 Å². The minimum Gasteiger partial charge on any atom is -0.493 e. The lowest BCUT2D eigenvalue weighted by Gasteiger charge is -2.17. The topological polar surface area (TPSA) is 35.2 Å². The van der Waals surface area contributed by atoms with Gasteiger partial charge in [0.15, 0.2) is 0 Å². The van der Waals surface area contributed by atoms with Gasteiger partial charge in [-0.3, -0.25) is 0 Å². The molecule has 0 aromatic heterocycles. The van der Waals surface area contributed by atoms with Crippen LogP contribution in [0.3, 0.4) is 0 Å². The van der Waals surface area contributed by atoms with E-state index in [1.54, 1.807) is 0 Å². The van der Waals surface area contributed by atoms with Crippen molar-refractivity contribution in [2.75, 3.05) is 6.61 Å². The number of halogens is 1. The average molecular weight is 300 g/mol. The van der Waals surface area contributed by atoms with Crippen molar-refractivity contribution in [2.24, 2.45) is 11.7 Å². The van der Waals surface area contributed by atoms with Crippen molar-refractivity contribution >= 4 is 15.9 Å². The van der Waals surface area contributed by atoms with Gasteiger partial charge in [-0.05, 0) is 31.4 Å². The molecule has 2 atom stereocenters. The SMILES string of the molecule is CCCC(C)COc1cc(Br)ccc1[C@@H](C)N. The number of hydrogen-bond acceptors (Lipinski definition) is 2. The maximum Gasteiger partial charge on any atom is 0.125 e. The van der Waals surface area contributed by atoms with Crippen LogP contribution >= 0.6 is 15.9 Å². The zero-order chi connectivity index (χ0) is 12.8. The maximum absolute atomic E-state index is 5.93. The summed E-state index contributed by atoms with van der Waals surface area (Å²) in [6, 6.07) is 6.02. The van der Waals surface area contributed by atoms with Crippen LogP contribution in [0.25, 0.3) is 0 Å². The standard InChI is InChI=1S/C14H22BrNO/c1-4-5-10(2)9-17-14-8-12(15)6-7-13(14)11(3)16/h6-8,10-11H,4-5,9,16H2,1-3H3/t10?,11-/m1/s1. The van der Waals surface area contributed by atoms with Crippen LogP contribution in [-0.4, -0.2) is 6.61 Å². The van der Waals surface area contributed by atoms with Crippen molar-refractivity contribution in [3.8, 4) is 5.75 Å². The lowest BCUT2D eigenvalue weighted by Crippen LogP contribution is -2.12. The molecule has 0 saturated heterocycles. The third-order valence-electron chi connectivity index (χ3n) is 2.77. The number of ether oxygens (including phenoxy) is 1. The monoisotopic (exact) mass is 299 g/mol. The van der Waals surface area contributed by atoms with Crippen LogP contribution in [-0.2, 0) is 0 Å². The quantitative estimate of drug-likeness (QED) is 0.851. The van der Waals surface area contributed by atoms with Crippen LogP contribution in [0, 0.1) is 5.92 Å². The molecule has 96 valence electrons. The predicted molar refractivity (Wildman–Crippen MR) is 76.3 cm³/mol. The molecule has 1 aromatic rings. The summed E-state index contributed by atoms with van der Waals surface area (Å²) < 4.78 is 6.91. The highest BCUT2D eigenvalue weighted by Crippen LogP contribution is 2.28. The minimum absolute atomic E-state index is 0.000388. The summed E-state index contributed by atoms with van der Waals surface area (Å²) in [5.74, 6) is 1.48. The third-order valence-corrected chi connectivity index (χ3v) is 3.26. The Morgan fingerprint density at radius 2 is 2.06 bits per heavy atom. The normalized spacial score (nSPS) is 14.4. The Kier molecular flexibility index (Phi) is 6.00. The van der Waals surface area contributed by atoms with Crippen molar-refractivity contribution in [1.82, 2.24) is 0 Å². The van der Waals surface area contributed by atoms with Gasteiger partial charge in [0.25, 0.3) is 0 Å². The van der Waals surface area contributed by atoms with Gasteiger partial charge < -0.3 is 10.5 Å². The highest BCUT2D eigenvalue weighted by molar-refractivity contribution is 9.10. The summed E-state index contributed by atoms with van der Waals surface area (Å²) in [5.41, 5.74) is 7.00. The van der Waals surface area contributed by atoms with E-state index < -0.39 is 0 Å². The van der Waals surface area contributed by atoms with Gasteiger partial charge in [-0.15, -0.1) is 0 Å². The fourth-order valence-corrected chi connectivity index (χ4v) is 2.16. The molecule has 0 amide bonds. The number of rotatable bonds is 6. The predicted octanol–water partition coefficient (Wildman–Crippen LogP) is 4.28. The fourth-order valence-electron chi connectivity index (χ4n) is 1.82. The molecule has 2 N–H and O–H groups in total. The lowest BCUT2D eigenvalue weighted by atomic mass is 10.1. The Labute approximate surface area is 113 Å². The summed E-state index contributed by atoms with van der Waals surface area (Å²) in [4.78, 5) is 0. The van der Waals surface area contributed by atoms with E-state index in [1.165, 1.54) is 12.8 Å². The average Bonchev–Trinajstić information content (AvgIpc) is 2.26. The summed E-state index contributed by atoms with van der Waals surface area (Å²) in [7, 11) is 0. The van der Waals surface area contributed by atoms with Gasteiger partial charge in [-0.25, -0.2) is 0 Å². The largest absolute Gasteiger partial charge is 0.493 e. The maximum atomic E-state index is 5.93.